The first-order valence-electron chi connectivity index (χ1n) is 0. The molecule has 8 heavy (non-hydrogen) atoms. The molecular weight excluding hydrogens is 406 g/mol. The fourth-order valence-electron chi connectivity index (χ4n) is 0. The summed E-state index contributed by atoms with van der Waals surface area (Å²) in [5, 5.41) is 0. The van der Waals surface area contributed by atoms with E-state index in [0.29, 0.717) is 0 Å². The summed E-state index contributed by atoms with van der Waals surface area (Å²) in [4.78, 5) is 0. The Morgan fingerprint density at radius 1 is 0.500 bits per heavy atom. The molecule has 0 aromatic heterocycles. The number of hydrogen-bond donors (Lipinski definition) is 0. The molecule has 0 fully saturated rings. The van der Waals surface area contributed by atoms with Crippen LogP contribution in [0.1, 0.15) is 0 Å². The molecule has 0 aliphatic carbocycles. The number of hydrogen-bond acceptors (Lipinski definition) is 0. The standard InChI is InChI=1S/5ClH.Cs.Li.Y/h5*1H;;;/q;;;;;2*+1;+3/p-5. The van der Waals surface area contributed by atoms with Crippen LogP contribution in [-0.4, -0.2) is 0 Å². The second-order valence-corrected chi connectivity index (χ2v) is 0. The molecule has 0 aromatic rings. The molecule has 0 N–H and O–H groups in total. The average molecular weight is 406 g/mol. The minimum Gasteiger partial charge on any atom is -1.00 e. The Labute approximate surface area is 177 Å². The van der Waals surface area contributed by atoms with Crippen LogP contribution in [0.2, 0.25) is 0 Å². The van der Waals surface area contributed by atoms with Crippen LogP contribution in [-0.2, 0) is 32.7 Å². The zero-order valence-electron chi connectivity index (χ0n) is 4.47. The van der Waals surface area contributed by atoms with Crippen molar-refractivity contribution in [3.63, 3.8) is 0 Å². The van der Waals surface area contributed by atoms with Crippen molar-refractivity contribution >= 4 is 0 Å². The summed E-state index contributed by atoms with van der Waals surface area (Å²) in [6.45, 7) is 0. The summed E-state index contributed by atoms with van der Waals surface area (Å²) in [6.07, 6.45) is 0. The van der Waals surface area contributed by atoms with Crippen LogP contribution in [0, 0.1) is 0 Å². The van der Waals surface area contributed by atoms with Gasteiger partial charge in [-0.05, 0) is 0 Å². The molecule has 0 aromatic carbocycles. The van der Waals surface area contributed by atoms with Crippen molar-refractivity contribution in [3.8, 4) is 0 Å². The second-order valence-electron chi connectivity index (χ2n) is 0. The Hall–Kier alpha value is 5.20. The van der Waals surface area contributed by atoms with Gasteiger partial charge in [0.1, 0.15) is 0 Å². The molecule has 0 nitrogen and oxygen atoms in total. The van der Waals surface area contributed by atoms with Gasteiger partial charge in [-0.3, -0.25) is 0 Å². The first kappa shape index (κ1) is 72.6. The molecule has 0 saturated carbocycles. The van der Waals surface area contributed by atoms with Crippen molar-refractivity contribution in [1.29, 1.82) is 0 Å². The van der Waals surface area contributed by atoms with Gasteiger partial charge in [-0.2, -0.15) is 0 Å². The minimum absolute atomic E-state index is 0. The maximum absolute atomic E-state index is 0. The molecule has 0 radical (unpaired) electrons. The molecule has 0 aliphatic heterocycles. The molecular formula is Cl5CsLiY. The predicted octanol–water partition coefficient (Wildman–Crippen LogP) is -21.0. The van der Waals surface area contributed by atoms with E-state index in [2.05, 4.69) is 0 Å². The fourth-order valence-corrected chi connectivity index (χ4v) is 0. The molecule has 0 amide bonds. The van der Waals surface area contributed by atoms with Gasteiger partial charge in [-0.15, -0.1) is 0 Å². The number of halogens is 5. The Morgan fingerprint density at radius 3 is 0.500 bits per heavy atom. The van der Waals surface area contributed by atoms with Crippen LogP contribution in [0.15, 0.2) is 0 Å². The molecule has 8 heteroatoms. The van der Waals surface area contributed by atoms with E-state index in [1.165, 1.54) is 0 Å². The third-order valence-electron chi connectivity index (χ3n) is 0. The Bertz CT molecular complexity index is 12.4. The van der Waals surface area contributed by atoms with Gasteiger partial charge in [-0.1, -0.05) is 0 Å². The van der Waals surface area contributed by atoms with Crippen LogP contribution < -0.4 is 150 Å². The molecule has 0 saturated heterocycles. The maximum atomic E-state index is 0. The van der Waals surface area contributed by atoms with Gasteiger partial charge >= 0.3 is 120 Å². The van der Waals surface area contributed by atoms with Crippen LogP contribution >= 0.6 is 0 Å². The van der Waals surface area contributed by atoms with E-state index in [0.717, 1.165) is 0 Å². The molecule has 40 valence electrons. The van der Waals surface area contributed by atoms with E-state index in [1.807, 2.05) is 0 Å². The molecule has 0 aliphatic rings. The normalized spacial score (nSPS) is 0. The van der Waals surface area contributed by atoms with Gasteiger partial charge in [0.2, 0.25) is 0 Å². The van der Waals surface area contributed by atoms with E-state index < -0.39 is 0 Å². The molecule has 0 unspecified atom stereocenters. The largest absolute Gasteiger partial charge is 3.00 e. The van der Waals surface area contributed by atoms with Gasteiger partial charge in [-0.25, -0.2) is 0 Å². The average Bonchev–Trinajstić information content (AvgIpc) is 0. The Morgan fingerprint density at radius 2 is 0.500 bits per heavy atom. The Kier molecular flexibility index (Phi) is 514. The summed E-state index contributed by atoms with van der Waals surface area (Å²) in [5.74, 6) is 0. The van der Waals surface area contributed by atoms with E-state index in [9.17, 15) is 0 Å². The molecule has 0 spiro atoms. The first-order valence-corrected chi connectivity index (χ1v) is 0. The zero-order chi connectivity index (χ0) is 0. The van der Waals surface area contributed by atoms with Gasteiger partial charge in [0.15, 0.2) is 0 Å². The molecule has 0 bridgehead atoms. The summed E-state index contributed by atoms with van der Waals surface area (Å²) < 4.78 is 0. The number of rotatable bonds is 0. The van der Waals surface area contributed by atoms with Crippen LogP contribution in [0.5, 0.6) is 0 Å². The summed E-state index contributed by atoms with van der Waals surface area (Å²) in [7, 11) is 0. The molecule has 0 atom stereocenters. The smallest absolute Gasteiger partial charge is 1.00 e. The third-order valence-corrected chi connectivity index (χ3v) is 0. The quantitative estimate of drug-likeness (QED) is 0.351. The van der Waals surface area contributed by atoms with Crippen molar-refractivity contribution < 1.29 is 182 Å². The molecule has 0 rings (SSSR count). The van der Waals surface area contributed by atoms with Crippen molar-refractivity contribution in [2.45, 2.75) is 0 Å². The van der Waals surface area contributed by atoms with Gasteiger partial charge in [0, 0.05) is 0 Å². The van der Waals surface area contributed by atoms with Gasteiger partial charge in [0.25, 0.3) is 0 Å². The summed E-state index contributed by atoms with van der Waals surface area (Å²) in [6, 6.07) is 0. The first-order chi connectivity index (χ1) is 0. The third kappa shape index (κ3) is 43.1. The van der Waals surface area contributed by atoms with Gasteiger partial charge in [0.05, 0.1) is 0 Å². The van der Waals surface area contributed by atoms with Gasteiger partial charge < -0.3 is 62.0 Å². The Balaban J connectivity index is 0. The van der Waals surface area contributed by atoms with Crippen molar-refractivity contribution in [2.24, 2.45) is 0 Å². The topological polar surface area (TPSA) is 0 Å². The van der Waals surface area contributed by atoms with E-state index in [1.54, 1.807) is 0 Å². The van der Waals surface area contributed by atoms with Crippen LogP contribution in [0.25, 0.3) is 0 Å². The summed E-state index contributed by atoms with van der Waals surface area (Å²) in [5.41, 5.74) is 0. The fraction of sp³-hybridized carbons (Fsp3) is 0. The SMILES string of the molecule is [Cl-].[Cl-].[Cl-].[Cl-].[Cl-].[Cs+].[Li+].[Y+3]. The van der Waals surface area contributed by atoms with Crippen LogP contribution in [0.4, 0.5) is 0 Å². The van der Waals surface area contributed by atoms with E-state index >= 15 is 0 Å². The maximum Gasteiger partial charge on any atom is 3.00 e. The monoisotopic (exact) mass is 404 g/mol. The minimum atomic E-state index is 0. The molecule has 0 heterocycles. The zero-order valence-corrected chi connectivity index (χ0v) is 17.4. The summed E-state index contributed by atoms with van der Waals surface area (Å²) >= 11 is 0. The van der Waals surface area contributed by atoms with Crippen LogP contribution in [0.3, 0.4) is 0 Å². The second kappa shape index (κ2) is 56.6. The van der Waals surface area contributed by atoms with E-state index in [4.69, 9.17) is 0 Å². The van der Waals surface area contributed by atoms with E-state index in [-0.39, 0.29) is 182 Å². The van der Waals surface area contributed by atoms with Crippen molar-refractivity contribution in [3.05, 3.63) is 0 Å². The van der Waals surface area contributed by atoms with Crippen molar-refractivity contribution in [1.82, 2.24) is 0 Å². The predicted molar refractivity (Wildman–Crippen MR) is 0 cm³/mol. The van der Waals surface area contributed by atoms with Crippen molar-refractivity contribution in [2.75, 3.05) is 0 Å².